The van der Waals surface area contributed by atoms with Gasteiger partial charge in [-0.2, -0.15) is 0 Å². The normalized spacial score (nSPS) is 12.0. The molecule has 0 saturated heterocycles. The molecule has 0 radical (unpaired) electrons. The van der Waals surface area contributed by atoms with Gasteiger partial charge in [0.05, 0.1) is 16.6 Å². The van der Waals surface area contributed by atoms with Crippen LogP contribution in [0.1, 0.15) is 13.8 Å². The average Bonchev–Trinajstić information content (AvgIpc) is 2.92. The lowest BCUT2D eigenvalue weighted by atomic mass is 10.1. The van der Waals surface area contributed by atoms with E-state index in [-0.39, 0.29) is 5.56 Å². The van der Waals surface area contributed by atoms with Gasteiger partial charge >= 0.3 is 5.69 Å². The van der Waals surface area contributed by atoms with Crippen LogP contribution in [0.3, 0.4) is 0 Å². The molecule has 3 rings (SSSR count). The van der Waals surface area contributed by atoms with E-state index in [4.69, 9.17) is 0 Å². The summed E-state index contributed by atoms with van der Waals surface area (Å²) in [7, 11) is 3.08. The minimum atomic E-state index is -1.22. The maximum absolute atomic E-state index is 12.7. The molecule has 0 bridgehead atoms. The first-order valence-corrected chi connectivity index (χ1v) is 7.33. The fourth-order valence-electron chi connectivity index (χ4n) is 2.85. The number of aliphatic hydroxyl groups is 1. The molecular formula is C17H19N3O3. The van der Waals surface area contributed by atoms with Crippen LogP contribution in [0.25, 0.3) is 22.2 Å². The Bertz CT molecular complexity index is 1000. The Morgan fingerprint density at radius 1 is 1.00 bits per heavy atom. The van der Waals surface area contributed by atoms with Gasteiger partial charge < -0.3 is 9.67 Å². The first kappa shape index (κ1) is 15.3. The van der Waals surface area contributed by atoms with E-state index in [2.05, 4.69) is 0 Å². The molecule has 0 aliphatic rings. The number of nitrogens with zero attached hydrogens (tertiary/aromatic N) is 3. The summed E-state index contributed by atoms with van der Waals surface area (Å²) in [6.45, 7) is 3.28. The lowest BCUT2D eigenvalue weighted by molar-refractivity contribution is 0.00398. The molecule has 3 aromatic rings. The van der Waals surface area contributed by atoms with Crippen LogP contribution in [0, 0.1) is 0 Å². The van der Waals surface area contributed by atoms with Crippen molar-refractivity contribution < 1.29 is 5.11 Å². The third kappa shape index (κ3) is 2.22. The zero-order valence-electron chi connectivity index (χ0n) is 13.6. The van der Waals surface area contributed by atoms with E-state index in [1.54, 1.807) is 31.7 Å². The van der Waals surface area contributed by atoms with Crippen molar-refractivity contribution in [1.82, 2.24) is 13.7 Å². The molecule has 6 heteroatoms. The lowest BCUT2D eigenvalue weighted by Gasteiger charge is -2.23. The summed E-state index contributed by atoms with van der Waals surface area (Å²) in [6.07, 6.45) is 1.65. The number of hydrogen-bond donors (Lipinski definition) is 1. The zero-order valence-corrected chi connectivity index (χ0v) is 13.6. The van der Waals surface area contributed by atoms with Crippen molar-refractivity contribution in [3.63, 3.8) is 0 Å². The molecule has 0 aliphatic carbocycles. The second-order valence-corrected chi connectivity index (χ2v) is 6.17. The van der Waals surface area contributed by atoms with E-state index in [9.17, 15) is 14.7 Å². The van der Waals surface area contributed by atoms with Gasteiger partial charge in [-0.1, -0.05) is 30.3 Å². The molecule has 6 nitrogen and oxygen atoms in total. The summed E-state index contributed by atoms with van der Waals surface area (Å²) in [6, 6.07) is 9.38. The van der Waals surface area contributed by atoms with Crippen LogP contribution in [0.4, 0.5) is 0 Å². The SMILES string of the molecule is Cn1c(=O)c2c(-c3ccccc3)n(C(C)(C)O)cc2n(C)c1=O. The van der Waals surface area contributed by atoms with Crippen molar-refractivity contribution in [3.8, 4) is 11.3 Å². The molecule has 0 unspecified atom stereocenters. The first-order valence-electron chi connectivity index (χ1n) is 7.33. The second kappa shape index (κ2) is 4.96. The molecule has 0 fully saturated rings. The predicted molar refractivity (Wildman–Crippen MR) is 89.4 cm³/mol. The molecule has 0 aliphatic heterocycles. The minimum Gasteiger partial charge on any atom is -0.371 e. The lowest BCUT2D eigenvalue weighted by Crippen LogP contribution is -2.36. The number of aryl methyl sites for hydroxylation is 1. The molecule has 0 amide bonds. The van der Waals surface area contributed by atoms with Crippen LogP contribution in [-0.4, -0.2) is 18.8 Å². The molecule has 23 heavy (non-hydrogen) atoms. The Kier molecular flexibility index (Phi) is 3.30. The standard InChI is InChI=1S/C17H19N3O3/c1-17(2,23)20-10-12-13(14(20)11-8-6-5-7-9-11)15(21)19(4)16(22)18(12)3/h5-10,23H,1-4H3. The van der Waals surface area contributed by atoms with Gasteiger partial charge in [0, 0.05) is 20.3 Å². The highest BCUT2D eigenvalue weighted by molar-refractivity contribution is 5.93. The Morgan fingerprint density at radius 3 is 2.17 bits per heavy atom. The Labute approximate surface area is 132 Å². The molecule has 1 aromatic carbocycles. The fraction of sp³-hybridized carbons (Fsp3) is 0.294. The first-order chi connectivity index (χ1) is 10.7. The number of benzene rings is 1. The van der Waals surface area contributed by atoms with Crippen LogP contribution in [0.5, 0.6) is 0 Å². The molecular weight excluding hydrogens is 294 g/mol. The zero-order chi connectivity index (χ0) is 16.9. The van der Waals surface area contributed by atoms with E-state index in [1.165, 1.54) is 11.6 Å². The fourth-order valence-corrected chi connectivity index (χ4v) is 2.85. The summed E-state index contributed by atoms with van der Waals surface area (Å²) in [5.74, 6) is 0. The molecule has 0 atom stereocenters. The molecule has 0 spiro atoms. The van der Waals surface area contributed by atoms with E-state index >= 15 is 0 Å². The van der Waals surface area contributed by atoms with Crippen molar-refractivity contribution in [1.29, 1.82) is 0 Å². The third-order valence-corrected chi connectivity index (χ3v) is 4.08. The van der Waals surface area contributed by atoms with Gasteiger partial charge in [-0.05, 0) is 19.4 Å². The second-order valence-electron chi connectivity index (χ2n) is 6.17. The van der Waals surface area contributed by atoms with E-state index < -0.39 is 11.4 Å². The summed E-state index contributed by atoms with van der Waals surface area (Å²) in [5.41, 5.74) is -0.0747. The van der Waals surface area contributed by atoms with E-state index in [0.29, 0.717) is 16.6 Å². The maximum Gasteiger partial charge on any atom is 0.330 e. The molecule has 120 valence electrons. The van der Waals surface area contributed by atoms with Crippen molar-refractivity contribution >= 4 is 10.9 Å². The van der Waals surface area contributed by atoms with E-state index in [0.717, 1.165) is 10.1 Å². The minimum absolute atomic E-state index is 0.370. The molecule has 1 N–H and O–H groups in total. The largest absolute Gasteiger partial charge is 0.371 e. The van der Waals surface area contributed by atoms with Crippen molar-refractivity contribution in [2.75, 3.05) is 0 Å². The monoisotopic (exact) mass is 313 g/mol. The summed E-state index contributed by atoms with van der Waals surface area (Å²) < 4.78 is 4.14. The van der Waals surface area contributed by atoms with Crippen molar-refractivity contribution in [2.24, 2.45) is 14.1 Å². The molecule has 2 aromatic heterocycles. The van der Waals surface area contributed by atoms with Gasteiger partial charge in [-0.3, -0.25) is 13.9 Å². The summed E-state index contributed by atoms with van der Waals surface area (Å²) in [5, 5.41) is 10.9. The van der Waals surface area contributed by atoms with Crippen molar-refractivity contribution in [3.05, 3.63) is 57.4 Å². The summed E-state index contributed by atoms with van der Waals surface area (Å²) in [4.78, 5) is 24.9. The van der Waals surface area contributed by atoms with Gasteiger partial charge in [0.25, 0.3) is 5.56 Å². The Morgan fingerprint density at radius 2 is 1.61 bits per heavy atom. The van der Waals surface area contributed by atoms with Crippen LogP contribution in [0.15, 0.2) is 46.1 Å². The Hall–Kier alpha value is -2.60. The van der Waals surface area contributed by atoms with Gasteiger partial charge in [-0.15, -0.1) is 0 Å². The van der Waals surface area contributed by atoms with Crippen LogP contribution < -0.4 is 11.2 Å². The maximum atomic E-state index is 12.7. The Balaban J connectivity index is 2.60. The molecule has 2 heterocycles. The van der Waals surface area contributed by atoms with Crippen LogP contribution in [0.2, 0.25) is 0 Å². The highest BCUT2D eigenvalue weighted by Gasteiger charge is 2.25. The quantitative estimate of drug-likeness (QED) is 0.777. The summed E-state index contributed by atoms with van der Waals surface area (Å²) >= 11 is 0. The van der Waals surface area contributed by atoms with Crippen molar-refractivity contribution in [2.45, 2.75) is 19.6 Å². The third-order valence-electron chi connectivity index (χ3n) is 4.08. The number of fused-ring (bicyclic) bond motifs is 1. The number of rotatable bonds is 2. The van der Waals surface area contributed by atoms with Gasteiger partial charge in [0.1, 0.15) is 5.72 Å². The van der Waals surface area contributed by atoms with Crippen LogP contribution in [-0.2, 0) is 19.8 Å². The molecule has 0 saturated carbocycles. The van der Waals surface area contributed by atoms with Crippen LogP contribution >= 0.6 is 0 Å². The van der Waals surface area contributed by atoms with Gasteiger partial charge in [0.15, 0.2) is 0 Å². The highest BCUT2D eigenvalue weighted by atomic mass is 16.3. The van der Waals surface area contributed by atoms with Gasteiger partial charge in [0.2, 0.25) is 0 Å². The highest BCUT2D eigenvalue weighted by Crippen LogP contribution is 2.31. The number of hydrogen-bond acceptors (Lipinski definition) is 3. The average molecular weight is 313 g/mol. The smallest absolute Gasteiger partial charge is 0.330 e. The number of aromatic nitrogens is 3. The predicted octanol–water partition coefficient (Wildman–Crippen LogP) is 1.39. The van der Waals surface area contributed by atoms with Gasteiger partial charge in [-0.25, -0.2) is 4.79 Å². The topological polar surface area (TPSA) is 69.2 Å². The van der Waals surface area contributed by atoms with E-state index in [1.807, 2.05) is 30.3 Å².